The van der Waals surface area contributed by atoms with E-state index >= 15 is 0 Å². The van der Waals surface area contributed by atoms with Gasteiger partial charge in [0.1, 0.15) is 16.8 Å². The monoisotopic (exact) mass is 249 g/mol. The summed E-state index contributed by atoms with van der Waals surface area (Å²) in [5.41, 5.74) is 2.98. The number of carboxylic acids is 1. The zero-order valence-electron chi connectivity index (χ0n) is 10.8. The third-order valence-corrected chi connectivity index (χ3v) is 3.19. The van der Waals surface area contributed by atoms with E-state index in [0.717, 1.165) is 11.1 Å². The fourth-order valence-corrected chi connectivity index (χ4v) is 2.08. The number of ether oxygens (including phenoxy) is 1. The number of hydrogen-bond acceptors (Lipinski definition) is 4. The molecule has 0 bridgehead atoms. The molecule has 96 valence electrons. The molecule has 2 rings (SSSR count). The van der Waals surface area contributed by atoms with E-state index in [0.29, 0.717) is 16.8 Å². The predicted molar refractivity (Wildman–Crippen MR) is 65.8 cm³/mol. The van der Waals surface area contributed by atoms with Crippen molar-refractivity contribution in [3.63, 3.8) is 0 Å². The van der Waals surface area contributed by atoms with Crippen LogP contribution >= 0.6 is 0 Å². The Morgan fingerprint density at radius 3 is 2.78 bits per heavy atom. The third-order valence-electron chi connectivity index (χ3n) is 3.19. The highest BCUT2D eigenvalue weighted by Gasteiger charge is 2.22. The molecule has 0 aliphatic carbocycles. The van der Waals surface area contributed by atoms with Gasteiger partial charge >= 0.3 is 5.97 Å². The van der Waals surface area contributed by atoms with Gasteiger partial charge in [0.25, 0.3) is 0 Å². The maximum atomic E-state index is 11.1. The Kier molecular flexibility index (Phi) is 2.94. The highest BCUT2D eigenvalue weighted by Crippen LogP contribution is 2.33. The minimum absolute atomic E-state index is 0.589. The fraction of sp³-hybridized carbons (Fsp3) is 0.417. The molecule has 0 aliphatic heterocycles. The molecule has 1 aromatic carbocycles. The van der Waals surface area contributed by atoms with Crippen molar-refractivity contribution in [3.05, 3.63) is 17.2 Å². The number of aliphatic carboxylic acids is 1. The van der Waals surface area contributed by atoms with Crippen LogP contribution in [0.15, 0.2) is 6.07 Å². The van der Waals surface area contributed by atoms with Gasteiger partial charge in [0, 0.05) is 7.05 Å². The minimum atomic E-state index is -0.872. The van der Waals surface area contributed by atoms with Crippen molar-refractivity contribution in [2.45, 2.75) is 19.8 Å². The number of aromatic nitrogens is 3. The fourth-order valence-electron chi connectivity index (χ4n) is 2.08. The minimum Gasteiger partial charge on any atom is -0.494 e. The first-order valence-corrected chi connectivity index (χ1v) is 5.57. The number of hydrogen-bond donors (Lipinski definition) is 1. The zero-order chi connectivity index (χ0) is 13.4. The van der Waals surface area contributed by atoms with Crippen LogP contribution in [0.4, 0.5) is 0 Å². The molecule has 0 saturated carbocycles. The molecule has 1 unspecified atom stereocenters. The summed E-state index contributed by atoms with van der Waals surface area (Å²) in [7, 11) is 3.32. The summed E-state index contributed by atoms with van der Waals surface area (Å²) in [6, 6.07) is 1.75. The second-order valence-corrected chi connectivity index (χ2v) is 4.26. The molecule has 0 saturated heterocycles. The van der Waals surface area contributed by atoms with Crippen LogP contribution in [0.25, 0.3) is 11.0 Å². The smallest absolute Gasteiger partial charge is 0.310 e. The first-order valence-electron chi connectivity index (χ1n) is 5.57. The first kappa shape index (κ1) is 12.3. The quantitative estimate of drug-likeness (QED) is 0.891. The summed E-state index contributed by atoms with van der Waals surface area (Å²) >= 11 is 0. The number of fused-ring (bicyclic) bond motifs is 1. The molecule has 1 atom stereocenters. The normalized spacial score (nSPS) is 12.7. The molecule has 0 aliphatic rings. The molecule has 18 heavy (non-hydrogen) atoms. The molecule has 0 amide bonds. The van der Waals surface area contributed by atoms with E-state index in [1.807, 2.05) is 6.92 Å². The van der Waals surface area contributed by atoms with E-state index in [9.17, 15) is 4.79 Å². The second kappa shape index (κ2) is 4.29. The van der Waals surface area contributed by atoms with Gasteiger partial charge in [0.05, 0.1) is 13.0 Å². The number of nitrogens with zero attached hydrogens (tertiary/aromatic N) is 3. The van der Waals surface area contributed by atoms with Crippen LogP contribution in [0.5, 0.6) is 5.75 Å². The number of methoxy groups -OCH3 is 1. The average Bonchev–Trinajstić information content (AvgIpc) is 2.72. The lowest BCUT2D eigenvalue weighted by molar-refractivity contribution is -0.138. The summed E-state index contributed by atoms with van der Waals surface area (Å²) in [6.45, 7) is 3.50. The molecule has 0 fully saturated rings. The molecule has 6 nitrogen and oxygen atoms in total. The van der Waals surface area contributed by atoms with Gasteiger partial charge in [-0.3, -0.25) is 4.79 Å². The Bertz CT molecular complexity index is 619. The van der Waals surface area contributed by atoms with Crippen molar-refractivity contribution >= 4 is 17.0 Å². The summed E-state index contributed by atoms with van der Waals surface area (Å²) < 4.78 is 6.92. The van der Waals surface area contributed by atoms with E-state index in [1.165, 1.54) is 0 Å². The lowest BCUT2D eigenvalue weighted by Crippen LogP contribution is -2.09. The lowest BCUT2D eigenvalue weighted by Gasteiger charge is -2.13. The Morgan fingerprint density at radius 1 is 1.56 bits per heavy atom. The maximum Gasteiger partial charge on any atom is 0.310 e. The molecular weight excluding hydrogens is 234 g/mol. The van der Waals surface area contributed by atoms with Crippen LogP contribution in [0, 0.1) is 6.92 Å². The standard InChI is InChI=1S/C12H15N3O3/c1-6-8(7(2)12(16)17)5-9(18-4)11-10(6)13-14-15(11)3/h5,7H,1-4H3,(H,16,17). The maximum absolute atomic E-state index is 11.1. The molecule has 1 N–H and O–H groups in total. The van der Waals surface area contributed by atoms with Gasteiger partial charge in [-0.15, -0.1) is 5.10 Å². The molecule has 1 heterocycles. The van der Waals surface area contributed by atoms with Gasteiger partial charge in [-0.1, -0.05) is 5.21 Å². The van der Waals surface area contributed by atoms with Crippen LogP contribution in [-0.4, -0.2) is 33.2 Å². The van der Waals surface area contributed by atoms with E-state index in [2.05, 4.69) is 10.3 Å². The Labute approximate surface area is 104 Å². The van der Waals surface area contributed by atoms with Crippen molar-refractivity contribution in [2.24, 2.45) is 7.05 Å². The topological polar surface area (TPSA) is 77.2 Å². The Morgan fingerprint density at radius 2 is 2.22 bits per heavy atom. The summed E-state index contributed by atoms with van der Waals surface area (Å²) in [6.07, 6.45) is 0. The molecule has 2 aromatic rings. The van der Waals surface area contributed by atoms with Crippen molar-refractivity contribution in [3.8, 4) is 5.75 Å². The lowest BCUT2D eigenvalue weighted by atomic mass is 9.95. The van der Waals surface area contributed by atoms with Crippen LogP contribution in [0.2, 0.25) is 0 Å². The van der Waals surface area contributed by atoms with Crippen LogP contribution in [0.1, 0.15) is 24.0 Å². The van der Waals surface area contributed by atoms with Crippen molar-refractivity contribution in [2.75, 3.05) is 7.11 Å². The van der Waals surface area contributed by atoms with Crippen molar-refractivity contribution < 1.29 is 14.6 Å². The Hall–Kier alpha value is -2.11. The van der Waals surface area contributed by atoms with Gasteiger partial charge in [-0.05, 0) is 31.0 Å². The molecule has 0 radical (unpaired) electrons. The van der Waals surface area contributed by atoms with Crippen molar-refractivity contribution in [1.29, 1.82) is 0 Å². The van der Waals surface area contributed by atoms with Crippen LogP contribution in [-0.2, 0) is 11.8 Å². The van der Waals surface area contributed by atoms with E-state index < -0.39 is 11.9 Å². The van der Waals surface area contributed by atoms with E-state index in [-0.39, 0.29) is 0 Å². The zero-order valence-corrected chi connectivity index (χ0v) is 10.8. The SMILES string of the molecule is COc1cc(C(C)C(=O)O)c(C)c2nnn(C)c12. The number of rotatable bonds is 3. The molecular formula is C12H15N3O3. The van der Waals surface area contributed by atoms with Crippen LogP contribution in [0.3, 0.4) is 0 Å². The summed E-state index contributed by atoms with van der Waals surface area (Å²) in [4.78, 5) is 11.1. The van der Waals surface area contributed by atoms with Crippen LogP contribution < -0.4 is 4.74 Å². The first-order chi connectivity index (χ1) is 8.47. The second-order valence-electron chi connectivity index (χ2n) is 4.26. The molecule has 1 aromatic heterocycles. The van der Waals surface area contributed by atoms with Gasteiger partial charge < -0.3 is 9.84 Å². The van der Waals surface area contributed by atoms with Gasteiger partial charge in [0.15, 0.2) is 0 Å². The number of carbonyl (C=O) groups is 1. The van der Waals surface area contributed by atoms with Crippen molar-refractivity contribution in [1.82, 2.24) is 15.0 Å². The number of carboxylic acid groups (broad SMARTS) is 1. The highest BCUT2D eigenvalue weighted by molar-refractivity contribution is 5.88. The molecule has 6 heteroatoms. The summed E-state index contributed by atoms with van der Waals surface area (Å²) in [5, 5.41) is 17.1. The third kappa shape index (κ3) is 1.70. The number of benzene rings is 1. The largest absolute Gasteiger partial charge is 0.494 e. The van der Waals surface area contributed by atoms with Gasteiger partial charge in [-0.2, -0.15) is 0 Å². The molecule has 0 spiro atoms. The van der Waals surface area contributed by atoms with E-state index in [4.69, 9.17) is 9.84 Å². The number of aryl methyl sites for hydroxylation is 2. The summed E-state index contributed by atoms with van der Waals surface area (Å²) in [5.74, 6) is -0.889. The van der Waals surface area contributed by atoms with Gasteiger partial charge in [-0.25, -0.2) is 4.68 Å². The average molecular weight is 249 g/mol. The highest BCUT2D eigenvalue weighted by atomic mass is 16.5. The predicted octanol–water partition coefficient (Wildman–Crippen LogP) is 1.47. The van der Waals surface area contributed by atoms with Gasteiger partial charge in [0.2, 0.25) is 0 Å². The van der Waals surface area contributed by atoms with E-state index in [1.54, 1.807) is 31.8 Å². The Balaban J connectivity index is 2.77.